The third-order valence-corrected chi connectivity index (χ3v) is 3.68. The number of fused-ring (bicyclic) bond motifs is 1. The van der Waals surface area contributed by atoms with Crippen LogP contribution in [0, 0.1) is 6.92 Å². The minimum absolute atomic E-state index is 0.482. The molecule has 0 unspecified atom stereocenters. The summed E-state index contributed by atoms with van der Waals surface area (Å²) in [5, 5.41) is 11.6. The van der Waals surface area contributed by atoms with Crippen LogP contribution in [0.4, 0.5) is 5.82 Å². The Morgan fingerprint density at radius 2 is 2.14 bits per heavy atom. The maximum atomic E-state index is 4.68. The molecule has 0 bridgehead atoms. The van der Waals surface area contributed by atoms with Crippen LogP contribution in [0.5, 0.6) is 0 Å². The average molecular weight is 286 g/mol. The summed E-state index contributed by atoms with van der Waals surface area (Å²) in [6, 6.07) is 4.80. The van der Waals surface area contributed by atoms with E-state index in [2.05, 4.69) is 62.9 Å². The molecule has 0 atom stereocenters. The molecule has 2 aromatic rings. The summed E-state index contributed by atoms with van der Waals surface area (Å²) in [5.41, 5.74) is 2.33. The molecule has 21 heavy (non-hydrogen) atoms. The van der Waals surface area contributed by atoms with Crippen molar-refractivity contribution in [2.45, 2.75) is 46.4 Å². The van der Waals surface area contributed by atoms with Crippen molar-refractivity contribution in [3.63, 3.8) is 0 Å². The molecule has 0 saturated heterocycles. The first kappa shape index (κ1) is 14.0. The van der Waals surface area contributed by atoms with Crippen LogP contribution in [0.25, 0.3) is 0 Å². The Balaban J connectivity index is 1.79. The molecule has 3 heterocycles. The molecule has 3 rings (SSSR count). The van der Waals surface area contributed by atoms with Crippen LogP contribution >= 0.6 is 0 Å². The van der Waals surface area contributed by atoms with E-state index in [-0.39, 0.29) is 0 Å². The summed E-state index contributed by atoms with van der Waals surface area (Å²) >= 11 is 0. The Morgan fingerprint density at radius 1 is 1.29 bits per heavy atom. The van der Waals surface area contributed by atoms with Crippen molar-refractivity contribution in [1.29, 1.82) is 0 Å². The van der Waals surface area contributed by atoms with E-state index in [1.807, 2.05) is 0 Å². The van der Waals surface area contributed by atoms with Gasteiger partial charge in [0, 0.05) is 31.4 Å². The maximum absolute atomic E-state index is 4.68. The first-order chi connectivity index (χ1) is 10.1. The largest absolute Gasteiger partial charge is 0.347 e. The number of aromatic nitrogens is 4. The van der Waals surface area contributed by atoms with Crippen molar-refractivity contribution in [3.05, 3.63) is 35.5 Å². The highest BCUT2D eigenvalue weighted by Crippen LogP contribution is 2.20. The molecular weight excluding hydrogens is 264 g/mol. The van der Waals surface area contributed by atoms with Crippen molar-refractivity contribution in [2.24, 2.45) is 0 Å². The van der Waals surface area contributed by atoms with Crippen molar-refractivity contribution >= 4 is 5.82 Å². The second-order valence-electron chi connectivity index (χ2n) is 5.87. The van der Waals surface area contributed by atoms with E-state index in [1.54, 1.807) is 6.33 Å². The third-order valence-electron chi connectivity index (χ3n) is 3.68. The van der Waals surface area contributed by atoms with Gasteiger partial charge < -0.3 is 14.8 Å². The van der Waals surface area contributed by atoms with Crippen LogP contribution in [0.1, 0.15) is 30.9 Å². The summed E-state index contributed by atoms with van der Waals surface area (Å²) in [6.07, 6.45) is 1.80. The zero-order valence-electron chi connectivity index (χ0n) is 12.9. The lowest BCUT2D eigenvalue weighted by atomic mass is 10.2. The number of nitrogens with zero attached hydrogens (tertiary/aromatic N) is 5. The van der Waals surface area contributed by atoms with E-state index in [0.29, 0.717) is 6.04 Å². The fraction of sp³-hybridized carbons (Fsp3) is 0.533. The van der Waals surface area contributed by atoms with Gasteiger partial charge in [-0.1, -0.05) is 13.8 Å². The van der Waals surface area contributed by atoms with Gasteiger partial charge in [-0.3, -0.25) is 0 Å². The van der Waals surface area contributed by atoms with Crippen LogP contribution < -0.4 is 10.2 Å². The van der Waals surface area contributed by atoms with Gasteiger partial charge in [-0.2, -0.15) is 0 Å². The number of hydrogen-bond donors (Lipinski definition) is 1. The van der Waals surface area contributed by atoms with Gasteiger partial charge in [0.15, 0.2) is 5.82 Å². The first-order valence-electron chi connectivity index (χ1n) is 7.44. The lowest BCUT2D eigenvalue weighted by Crippen LogP contribution is -2.34. The second-order valence-corrected chi connectivity index (χ2v) is 5.87. The lowest BCUT2D eigenvalue weighted by Gasteiger charge is -2.28. The number of pyridine rings is 1. The van der Waals surface area contributed by atoms with E-state index in [9.17, 15) is 0 Å². The zero-order chi connectivity index (χ0) is 14.8. The quantitative estimate of drug-likeness (QED) is 0.923. The number of rotatable bonds is 4. The van der Waals surface area contributed by atoms with Gasteiger partial charge in [0.25, 0.3) is 0 Å². The highest BCUT2D eigenvalue weighted by Gasteiger charge is 2.19. The Labute approximate surface area is 125 Å². The van der Waals surface area contributed by atoms with Gasteiger partial charge >= 0.3 is 0 Å². The van der Waals surface area contributed by atoms with Gasteiger partial charge in [-0.25, -0.2) is 4.98 Å². The average Bonchev–Trinajstić information content (AvgIpc) is 2.92. The van der Waals surface area contributed by atoms with Gasteiger partial charge in [0.1, 0.15) is 12.1 Å². The summed E-state index contributed by atoms with van der Waals surface area (Å²) in [5.74, 6) is 2.04. The molecule has 0 aliphatic carbocycles. The summed E-state index contributed by atoms with van der Waals surface area (Å²) in [6.45, 7) is 9.87. The van der Waals surface area contributed by atoms with Crippen molar-refractivity contribution in [3.8, 4) is 0 Å². The minimum Gasteiger partial charge on any atom is -0.347 e. The summed E-state index contributed by atoms with van der Waals surface area (Å²) in [4.78, 5) is 6.96. The van der Waals surface area contributed by atoms with Gasteiger partial charge in [-0.15, -0.1) is 10.2 Å². The van der Waals surface area contributed by atoms with Crippen LogP contribution in [-0.4, -0.2) is 32.3 Å². The first-order valence-corrected chi connectivity index (χ1v) is 7.44. The van der Waals surface area contributed by atoms with E-state index in [0.717, 1.165) is 43.5 Å². The van der Waals surface area contributed by atoms with E-state index < -0.39 is 0 Å². The molecule has 0 saturated carbocycles. The highest BCUT2D eigenvalue weighted by atomic mass is 15.3. The smallest absolute Gasteiger partial charge is 0.152 e. The molecule has 1 N–H and O–H groups in total. The molecular formula is C15H22N6. The Bertz CT molecular complexity index is 618. The predicted molar refractivity (Wildman–Crippen MR) is 82.0 cm³/mol. The molecule has 6 heteroatoms. The van der Waals surface area contributed by atoms with Crippen LogP contribution in [0.15, 0.2) is 18.5 Å². The van der Waals surface area contributed by atoms with Crippen molar-refractivity contribution < 1.29 is 0 Å². The van der Waals surface area contributed by atoms with E-state index in [1.165, 1.54) is 5.56 Å². The zero-order valence-corrected chi connectivity index (χ0v) is 12.9. The molecule has 0 fully saturated rings. The molecule has 1 aliphatic heterocycles. The standard InChI is InChI=1S/C15H22N6/c1-11(2)16-8-13-6-12(3)18-14(7-13)20-4-5-21-10-17-19-15(21)9-20/h6-7,10-11,16H,4-5,8-9H2,1-3H3. The minimum atomic E-state index is 0.482. The normalized spacial score (nSPS) is 14.6. The second kappa shape index (κ2) is 5.81. The van der Waals surface area contributed by atoms with E-state index in [4.69, 9.17) is 0 Å². The Morgan fingerprint density at radius 3 is 2.95 bits per heavy atom. The monoisotopic (exact) mass is 286 g/mol. The molecule has 0 amide bonds. The van der Waals surface area contributed by atoms with Crippen molar-refractivity contribution in [2.75, 3.05) is 11.4 Å². The number of nitrogens with one attached hydrogen (secondary N) is 1. The molecule has 0 radical (unpaired) electrons. The maximum Gasteiger partial charge on any atom is 0.152 e. The van der Waals surface area contributed by atoms with E-state index >= 15 is 0 Å². The van der Waals surface area contributed by atoms with Crippen molar-refractivity contribution in [1.82, 2.24) is 25.1 Å². The summed E-state index contributed by atoms with van der Waals surface area (Å²) < 4.78 is 2.10. The lowest BCUT2D eigenvalue weighted by molar-refractivity contribution is 0.554. The molecule has 112 valence electrons. The van der Waals surface area contributed by atoms with Gasteiger partial charge in [0.05, 0.1) is 6.54 Å². The van der Waals surface area contributed by atoms with Crippen LogP contribution in [0.3, 0.4) is 0 Å². The molecule has 0 aromatic carbocycles. The fourth-order valence-electron chi connectivity index (χ4n) is 2.57. The number of anilines is 1. The summed E-state index contributed by atoms with van der Waals surface area (Å²) in [7, 11) is 0. The predicted octanol–water partition coefficient (Wildman–Crippen LogP) is 1.50. The van der Waals surface area contributed by atoms with Gasteiger partial charge in [0.2, 0.25) is 0 Å². The van der Waals surface area contributed by atoms with Crippen LogP contribution in [-0.2, 0) is 19.6 Å². The third kappa shape index (κ3) is 3.21. The fourth-order valence-corrected chi connectivity index (χ4v) is 2.57. The highest BCUT2D eigenvalue weighted by molar-refractivity contribution is 5.43. The Kier molecular flexibility index (Phi) is 3.88. The topological polar surface area (TPSA) is 58.9 Å². The number of aryl methyl sites for hydroxylation is 1. The Hall–Kier alpha value is -1.95. The molecule has 0 spiro atoms. The van der Waals surface area contributed by atoms with Gasteiger partial charge in [-0.05, 0) is 24.6 Å². The van der Waals surface area contributed by atoms with Crippen LogP contribution in [0.2, 0.25) is 0 Å². The molecule has 2 aromatic heterocycles. The number of hydrogen-bond acceptors (Lipinski definition) is 5. The molecule has 6 nitrogen and oxygen atoms in total. The molecule has 1 aliphatic rings. The SMILES string of the molecule is Cc1cc(CNC(C)C)cc(N2CCn3cnnc3C2)n1.